The van der Waals surface area contributed by atoms with Gasteiger partial charge in [0.15, 0.2) is 23.0 Å². The first-order chi connectivity index (χ1) is 14.6. The molecule has 1 N–H and O–H groups in total. The Morgan fingerprint density at radius 1 is 0.933 bits per heavy atom. The maximum absolute atomic E-state index is 12.7. The number of fused-ring (bicyclic) bond motifs is 1. The lowest BCUT2D eigenvalue weighted by Crippen LogP contribution is -2.15. The highest BCUT2D eigenvalue weighted by molar-refractivity contribution is 6.04. The number of amides is 1. The average Bonchev–Trinajstić information content (AvgIpc) is 3.26. The molecule has 3 aromatic rings. The Morgan fingerprint density at radius 2 is 1.63 bits per heavy atom. The molecule has 2 aromatic carbocycles. The van der Waals surface area contributed by atoms with Gasteiger partial charge in [-0.15, -0.1) is 5.10 Å². The van der Waals surface area contributed by atoms with Gasteiger partial charge in [0.05, 0.1) is 21.3 Å². The molecular formula is C20H19N3O7. The third-order valence-corrected chi connectivity index (χ3v) is 4.36. The van der Waals surface area contributed by atoms with Crippen LogP contribution >= 0.6 is 0 Å². The molecule has 0 unspecified atom stereocenters. The van der Waals surface area contributed by atoms with Gasteiger partial charge in [0, 0.05) is 11.1 Å². The summed E-state index contributed by atoms with van der Waals surface area (Å²) in [6.07, 6.45) is 0. The standard InChI is InChI=1S/C20H19N3O7/c1-25-15-9-12(10-16(26-2)17(15)27-3)18(24)21-20-23-22-19(30-20)11-4-5-13-14(8-11)29-7-6-28-13/h4-5,8-10H,6-7H2,1-3H3,(H,21,23,24). The highest BCUT2D eigenvalue weighted by Crippen LogP contribution is 2.38. The number of methoxy groups -OCH3 is 3. The third-order valence-electron chi connectivity index (χ3n) is 4.36. The van der Waals surface area contributed by atoms with Gasteiger partial charge in [0.25, 0.3) is 5.91 Å². The molecule has 1 aromatic heterocycles. The molecule has 10 nitrogen and oxygen atoms in total. The molecule has 2 heterocycles. The van der Waals surface area contributed by atoms with Crippen LogP contribution in [0.25, 0.3) is 11.5 Å². The molecule has 0 atom stereocenters. The molecule has 1 aliphatic heterocycles. The number of benzene rings is 2. The van der Waals surface area contributed by atoms with Gasteiger partial charge in [0.1, 0.15) is 13.2 Å². The molecule has 156 valence electrons. The second-order valence-electron chi connectivity index (χ2n) is 6.14. The van der Waals surface area contributed by atoms with Crippen molar-refractivity contribution in [1.29, 1.82) is 0 Å². The summed E-state index contributed by atoms with van der Waals surface area (Å²) in [5.41, 5.74) is 0.906. The molecule has 0 saturated carbocycles. The van der Waals surface area contributed by atoms with E-state index in [9.17, 15) is 4.79 Å². The van der Waals surface area contributed by atoms with Gasteiger partial charge in [-0.1, -0.05) is 5.10 Å². The molecule has 0 fully saturated rings. The molecule has 0 spiro atoms. The average molecular weight is 413 g/mol. The van der Waals surface area contributed by atoms with Crippen LogP contribution in [-0.2, 0) is 0 Å². The van der Waals surface area contributed by atoms with Gasteiger partial charge in [-0.3, -0.25) is 10.1 Å². The SMILES string of the molecule is COc1cc(C(=O)Nc2nnc(-c3ccc4c(c3)OCCO4)o2)cc(OC)c1OC. The van der Waals surface area contributed by atoms with E-state index in [0.717, 1.165) is 0 Å². The second-order valence-corrected chi connectivity index (χ2v) is 6.14. The normalized spacial score (nSPS) is 12.2. The van der Waals surface area contributed by atoms with Crippen LogP contribution in [0.1, 0.15) is 10.4 Å². The number of hydrogen-bond acceptors (Lipinski definition) is 9. The summed E-state index contributed by atoms with van der Waals surface area (Å²) in [5.74, 6) is 2.09. The van der Waals surface area contributed by atoms with Gasteiger partial charge >= 0.3 is 6.01 Å². The first-order valence-corrected chi connectivity index (χ1v) is 8.98. The molecule has 10 heteroatoms. The maximum Gasteiger partial charge on any atom is 0.322 e. The van der Waals surface area contributed by atoms with E-state index in [0.29, 0.717) is 47.5 Å². The van der Waals surface area contributed by atoms with Crippen molar-refractivity contribution in [3.63, 3.8) is 0 Å². The highest BCUT2D eigenvalue weighted by Gasteiger charge is 2.20. The lowest BCUT2D eigenvalue weighted by atomic mass is 10.1. The van der Waals surface area contributed by atoms with Crippen LogP contribution in [0.2, 0.25) is 0 Å². The number of carbonyl (C=O) groups is 1. The number of anilines is 1. The molecule has 1 amide bonds. The third kappa shape index (κ3) is 3.66. The Labute approximate surface area is 171 Å². The molecule has 0 saturated heterocycles. The zero-order chi connectivity index (χ0) is 21.1. The fourth-order valence-corrected chi connectivity index (χ4v) is 2.95. The van der Waals surface area contributed by atoms with Crippen molar-refractivity contribution in [3.05, 3.63) is 35.9 Å². The van der Waals surface area contributed by atoms with Crippen LogP contribution in [0.4, 0.5) is 6.01 Å². The Morgan fingerprint density at radius 3 is 2.30 bits per heavy atom. The topological polar surface area (TPSA) is 114 Å². The minimum absolute atomic E-state index is 0.0568. The predicted octanol–water partition coefficient (Wildman–Crippen LogP) is 2.79. The minimum atomic E-state index is -0.480. The van der Waals surface area contributed by atoms with Crippen LogP contribution in [-0.4, -0.2) is 50.6 Å². The van der Waals surface area contributed by atoms with E-state index in [2.05, 4.69) is 15.5 Å². The largest absolute Gasteiger partial charge is 0.493 e. The minimum Gasteiger partial charge on any atom is -0.493 e. The second kappa shape index (κ2) is 8.19. The number of hydrogen-bond donors (Lipinski definition) is 1. The van der Waals surface area contributed by atoms with Crippen molar-refractivity contribution >= 4 is 11.9 Å². The zero-order valence-corrected chi connectivity index (χ0v) is 16.6. The fraction of sp³-hybridized carbons (Fsp3) is 0.250. The van der Waals surface area contributed by atoms with E-state index >= 15 is 0 Å². The quantitative estimate of drug-likeness (QED) is 0.651. The van der Waals surface area contributed by atoms with E-state index in [1.807, 2.05) is 0 Å². The molecule has 0 radical (unpaired) electrons. The summed E-state index contributed by atoms with van der Waals surface area (Å²) in [6.45, 7) is 0.973. The Bertz CT molecular complexity index is 1060. The summed E-state index contributed by atoms with van der Waals surface area (Å²) >= 11 is 0. The van der Waals surface area contributed by atoms with Crippen LogP contribution in [0.5, 0.6) is 28.7 Å². The van der Waals surface area contributed by atoms with E-state index in [1.165, 1.54) is 33.5 Å². The number of ether oxygens (including phenoxy) is 5. The van der Waals surface area contributed by atoms with E-state index in [1.54, 1.807) is 18.2 Å². The Balaban J connectivity index is 1.55. The van der Waals surface area contributed by atoms with Crippen LogP contribution in [0.3, 0.4) is 0 Å². The van der Waals surface area contributed by atoms with Crippen molar-refractivity contribution in [2.75, 3.05) is 39.9 Å². The van der Waals surface area contributed by atoms with Crippen molar-refractivity contribution in [1.82, 2.24) is 10.2 Å². The summed E-state index contributed by atoms with van der Waals surface area (Å²) in [6, 6.07) is 8.27. The number of nitrogens with zero attached hydrogens (tertiary/aromatic N) is 2. The molecular weight excluding hydrogens is 394 g/mol. The number of nitrogens with one attached hydrogen (secondary N) is 1. The molecule has 30 heavy (non-hydrogen) atoms. The van der Waals surface area contributed by atoms with Crippen LogP contribution in [0.15, 0.2) is 34.7 Å². The van der Waals surface area contributed by atoms with Gasteiger partial charge < -0.3 is 28.1 Å². The van der Waals surface area contributed by atoms with Gasteiger partial charge in [-0.05, 0) is 30.3 Å². The lowest BCUT2D eigenvalue weighted by Gasteiger charge is -2.18. The van der Waals surface area contributed by atoms with E-state index in [-0.39, 0.29) is 17.5 Å². The number of aromatic nitrogens is 2. The number of carbonyl (C=O) groups excluding carboxylic acids is 1. The van der Waals surface area contributed by atoms with E-state index in [4.69, 9.17) is 28.1 Å². The van der Waals surface area contributed by atoms with Crippen molar-refractivity contribution < 1.29 is 32.9 Å². The van der Waals surface area contributed by atoms with Crippen molar-refractivity contribution in [2.45, 2.75) is 0 Å². The summed E-state index contributed by atoms with van der Waals surface area (Å²) in [7, 11) is 4.42. The molecule has 1 aliphatic rings. The lowest BCUT2D eigenvalue weighted by molar-refractivity contribution is 0.102. The molecule has 0 aliphatic carbocycles. The first kappa shape index (κ1) is 19.4. The first-order valence-electron chi connectivity index (χ1n) is 8.98. The molecule has 0 bridgehead atoms. The molecule has 4 rings (SSSR count). The monoisotopic (exact) mass is 413 g/mol. The van der Waals surface area contributed by atoms with Gasteiger partial charge in [-0.2, -0.15) is 0 Å². The Kier molecular flexibility index (Phi) is 5.29. The summed E-state index contributed by atoms with van der Waals surface area (Å²) < 4.78 is 32.4. The smallest absolute Gasteiger partial charge is 0.322 e. The predicted molar refractivity (Wildman–Crippen MR) is 105 cm³/mol. The maximum atomic E-state index is 12.7. The van der Waals surface area contributed by atoms with Crippen LogP contribution in [0, 0.1) is 0 Å². The Hall–Kier alpha value is -3.95. The van der Waals surface area contributed by atoms with Crippen LogP contribution < -0.4 is 29.0 Å². The van der Waals surface area contributed by atoms with Crippen molar-refractivity contribution in [3.8, 4) is 40.2 Å². The van der Waals surface area contributed by atoms with Gasteiger partial charge in [-0.25, -0.2) is 0 Å². The highest BCUT2D eigenvalue weighted by atomic mass is 16.6. The van der Waals surface area contributed by atoms with Gasteiger partial charge in [0.2, 0.25) is 11.6 Å². The summed E-state index contributed by atoms with van der Waals surface area (Å²) in [4.78, 5) is 12.7. The van der Waals surface area contributed by atoms with E-state index < -0.39 is 5.91 Å². The number of rotatable bonds is 6. The fourth-order valence-electron chi connectivity index (χ4n) is 2.95. The summed E-state index contributed by atoms with van der Waals surface area (Å²) in [5, 5.41) is 10.4. The zero-order valence-electron chi connectivity index (χ0n) is 16.6. The van der Waals surface area contributed by atoms with Crippen molar-refractivity contribution in [2.24, 2.45) is 0 Å².